The van der Waals surface area contributed by atoms with Crippen molar-refractivity contribution in [2.45, 2.75) is 12.5 Å². The molecule has 0 saturated carbocycles. The highest BCUT2D eigenvalue weighted by Crippen LogP contribution is 2.16. The Bertz CT molecular complexity index is 419. The van der Waals surface area contributed by atoms with E-state index < -0.39 is 0 Å². The van der Waals surface area contributed by atoms with E-state index >= 15 is 0 Å². The van der Waals surface area contributed by atoms with Gasteiger partial charge in [0.25, 0.3) is 5.95 Å². The third-order valence-electron chi connectivity index (χ3n) is 3.13. The van der Waals surface area contributed by atoms with Gasteiger partial charge in [0.05, 0.1) is 6.04 Å². The summed E-state index contributed by atoms with van der Waals surface area (Å²) >= 11 is 0. The molecule has 2 aliphatic rings. The van der Waals surface area contributed by atoms with Crippen LogP contribution in [0.4, 0.5) is 10.7 Å². The molecule has 3 heterocycles. The van der Waals surface area contributed by atoms with Crippen LogP contribution in [0.5, 0.6) is 0 Å². The van der Waals surface area contributed by atoms with Crippen molar-refractivity contribution in [1.29, 1.82) is 0 Å². The molecule has 0 radical (unpaired) electrons. The van der Waals surface area contributed by atoms with Gasteiger partial charge in [-0.25, -0.2) is 14.8 Å². The predicted octanol–water partition coefficient (Wildman–Crippen LogP) is 0.0121. The summed E-state index contributed by atoms with van der Waals surface area (Å²) in [5.41, 5.74) is 0. The van der Waals surface area contributed by atoms with Crippen LogP contribution in [0.25, 0.3) is 0 Å². The number of nitrogens with one attached hydrogen (secondary N) is 1. The van der Waals surface area contributed by atoms with Crippen LogP contribution in [0.15, 0.2) is 18.5 Å². The molecule has 1 aromatic heterocycles. The van der Waals surface area contributed by atoms with Crippen molar-refractivity contribution in [3.05, 3.63) is 18.5 Å². The number of hydrogen-bond acceptors (Lipinski definition) is 6. The zero-order valence-corrected chi connectivity index (χ0v) is 9.95. The summed E-state index contributed by atoms with van der Waals surface area (Å²) in [6.45, 7) is 3.08. The van der Waals surface area contributed by atoms with Gasteiger partial charge in [0, 0.05) is 38.6 Å². The molecule has 0 spiro atoms. The number of carbonyl (C=O) groups is 1. The SMILES string of the molecule is O=C(ON(c1ncccn1)C1CNC1)N1CCC1. The summed E-state index contributed by atoms with van der Waals surface area (Å²) in [6, 6.07) is 1.84. The second-order valence-electron chi connectivity index (χ2n) is 4.38. The Morgan fingerprint density at radius 1 is 1.39 bits per heavy atom. The molecule has 96 valence electrons. The molecule has 18 heavy (non-hydrogen) atoms. The number of amides is 1. The monoisotopic (exact) mass is 249 g/mol. The molecule has 7 nitrogen and oxygen atoms in total. The Balaban J connectivity index is 1.71. The molecule has 1 aromatic rings. The lowest BCUT2D eigenvalue weighted by atomic mass is 10.2. The van der Waals surface area contributed by atoms with E-state index in [0.29, 0.717) is 5.95 Å². The van der Waals surface area contributed by atoms with Crippen molar-refractivity contribution in [2.75, 3.05) is 31.2 Å². The molecule has 0 aliphatic carbocycles. The Morgan fingerprint density at radius 3 is 2.61 bits per heavy atom. The number of anilines is 1. The topological polar surface area (TPSA) is 70.6 Å². The fourth-order valence-corrected chi connectivity index (χ4v) is 1.76. The molecule has 2 aliphatic heterocycles. The number of hydroxylamine groups is 1. The minimum absolute atomic E-state index is 0.109. The van der Waals surface area contributed by atoms with Gasteiger partial charge < -0.3 is 15.1 Å². The molecule has 1 amide bonds. The minimum Gasteiger partial charge on any atom is -0.318 e. The number of likely N-dealkylation sites (tertiary alicyclic amines) is 1. The van der Waals surface area contributed by atoms with Gasteiger partial charge in [-0.1, -0.05) is 0 Å². The average Bonchev–Trinajstić information content (AvgIpc) is 2.24. The van der Waals surface area contributed by atoms with Crippen LogP contribution in [0.2, 0.25) is 0 Å². The van der Waals surface area contributed by atoms with Crippen molar-refractivity contribution >= 4 is 12.0 Å². The highest BCUT2D eigenvalue weighted by Gasteiger charge is 2.32. The zero-order valence-electron chi connectivity index (χ0n) is 9.95. The molecule has 1 N–H and O–H groups in total. The second kappa shape index (κ2) is 4.77. The maximum atomic E-state index is 11.8. The lowest BCUT2D eigenvalue weighted by Crippen LogP contribution is -2.59. The molecule has 2 saturated heterocycles. The van der Waals surface area contributed by atoms with E-state index in [1.807, 2.05) is 0 Å². The van der Waals surface area contributed by atoms with E-state index in [1.54, 1.807) is 23.4 Å². The normalized spacial score (nSPS) is 18.8. The van der Waals surface area contributed by atoms with Gasteiger partial charge in [0.15, 0.2) is 0 Å². The first-order chi connectivity index (χ1) is 8.84. The highest BCUT2D eigenvalue weighted by atomic mass is 16.7. The number of hydrogen-bond donors (Lipinski definition) is 1. The van der Waals surface area contributed by atoms with E-state index in [9.17, 15) is 4.79 Å². The molecule has 7 heteroatoms. The summed E-state index contributed by atoms with van der Waals surface area (Å²) in [5.74, 6) is 0.429. The standard InChI is InChI=1S/C11H15N5O2/c17-11(15-5-2-6-15)18-16(9-7-12-8-9)10-13-3-1-4-14-10/h1,3-4,9,12H,2,5-8H2. The molecule has 2 fully saturated rings. The minimum atomic E-state index is -0.319. The van der Waals surface area contributed by atoms with Crippen LogP contribution in [-0.2, 0) is 4.84 Å². The highest BCUT2D eigenvalue weighted by molar-refractivity contribution is 5.69. The number of rotatable bonds is 3. The molecule has 0 aromatic carbocycles. The first-order valence-electron chi connectivity index (χ1n) is 6.08. The molecule has 3 rings (SSSR count). The van der Waals surface area contributed by atoms with Gasteiger partial charge in [0.2, 0.25) is 0 Å². The van der Waals surface area contributed by atoms with Crippen molar-refractivity contribution in [1.82, 2.24) is 20.2 Å². The van der Waals surface area contributed by atoms with Gasteiger partial charge in [-0.2, -0.15) is 5.06 Å². The Kier molecular flexibility index (Phi) is 2.97. The lowest BCUT2D eigenvalue weighted by Gasteiger charge is -2.38. The summed E-state index contributed by atoms with van der Waals surface area (Å²) in [7, 11) is 0. The third kappa shape index (κ3) is 2.08. The van der Waals surface area contributed by atoms with Gasteiger partial charge >= 0.3 is 6.09 Å². The van der Waals surface area contributed by atoms with E-state index in [4.69, 9.17) is 4.84 Å². The average molecular weight is 249 g/mol. The van der Waals surface area contributed by atoms with E-state index in [1.165, 1.54) is 5.06 Å². The Labute approximate surface area is 105 Å². The van der Waals surface area contributed by atoms with Crippen LogP contribution in [0, 0.1) is 0 Å². The first-order valence-corrected chi connectivity index (χ1v) is 6.08. The number of nitrogens with zero attached hydrogens (tertiary/aromatic N) is 4. The van der Waals surface area contributed by atoms with Gasteiger partial charge in [-0.3, -0.25) is 0 Å². The van der Waals surface area contributed by atoms with Gasteiger partial charge in [-0.15, -0.1) is 0 Å². The van der Waals surface area contributed by atoms with Gasteiger partial charge in [-0.05, 0) is 12.5 Å². The van der Waals surface area contributed by atoms with Crippen molar-refractivity contribution in [3.8, 4) is 0 Å². The fourth-order valence-electron chi connectivity index (χ4n) is 1.76. The Morgan fingerprint density at radius 2 is 2.11 bits per heavy atom. The Hall–Kier alpha value is -1.89. The smallest absolute Gasteiger partial charge is 0.318 e. The molecule has 0 unspecified atom stereocenters. The molecule has 0 atom stereocenters. The number of aromatic nitrogens is 2. The van der Waals surface area contributed by atoms with E-state index in [0.717, 1.165) is 32.6 Å². The van der Waals surface area contributed by atoms with E-state index in [2.05, 4.69) is 15.3 Å². The number of carbonyl (C=O) groups excluding carboxylic acids is 1. The van der Waals surface area contributed by atoms with Crippen molar-refractivity contribution < 1.29 is 9.63 Å². The molecule has 0 bridgehead atoms. The maximum absolute atomic E-state index is 11.8. The largest absolute Gasteiger partial charge is 0.434 e. The van der Waals surface area contributed by atoms with Crippen LogP contribution in [-0.4, -0.2) is 53.2 Å². The van der Waals surface area contributed by atoms with E-state index in [-0.39, 0.29) is 12.1 Å². The molecular weight excluding hydrogens is 234 g/mol. The van der Waals surface area contributed by atoms with Crippen LogP contribution >= 0.6 is 0 Å². The third-order valence-corrected chi connectivity index (χ3v) is 3.13. The first kappa shape index (κ1) is 11.2. The fraction of sp³-hybridized carbons (Fsp3) is 0.545. The summed E-state index contributed by atoms with van der Waals surface area (Å²) in [6.07, 6.45) is 4.00. The summed E-state index contributed by atoms with van der Waals surface area (Å²) in [4.78, 5) is 27.2. The van der Waals surface area contributed by atoms with Crippen LogP contribution in [0.3, 0.4) is 0 Å². The predicted molar refractivity (Wildman–Crippen MR) is 63.8 cm³/mol. The van der Waals surface area contributed by atoms with Crippen LogP contribution < -0.4 is 10.4 Å². The summed E-state index contributed by atoms with van der Waals surface area (Å²) < 4.78 is 0. The maximum Gasteiger partial charge on any atom is 0.434 e. The second-order valence-corrected chi connectivity index (χ2v) is 4.38. The summed E-state index contributed by atoms with van der Waals surface area (Å²) in [5, 5.41) is 4.65. The van der Waals surface area contributed by atoms with Crippen molar-refractivity contribution in [2.24, 2.45) is 0 Å². The van der Waals surface area contributed by atoms with Gasteiger partial charge in [0.1, 0.15) is 0 Å². The molecular formula is C11H15N5O2. The lowest BCUT2D eigenvalue weighted by molar-refractivity contribution is 0.0547. The van der Waals surface area contributed by atoms with Crippen LogP contribution in [0.1, 0.15) is 6.42 Å². The zero-order chi connectivity index (χ0) is 12.4. The van der Waals surface area contributed by atoms with Crippen molar-refractivity contribution in [3.63, 3.8) is 0 Å². The quantitative estimate of drug-likeness (QED) is 0.761.